The molecule has 0 aliphatic carbocycles. The van der Waals surface area contributed by atoms with Gasteiger partial charge in [0.25, 0.3) is 0 Å². The number of hydrogen-bond donors (Lipinski definition) is 1. The first kappa shape index (κ1) is 9.99. The van der Waals surface area contributed by atoms with E-state index in [0.717, 1.165) is 21.2 Å². The number of fused-ring (bicyclic) bond motifs is 1. The summed E-state index contributed by atoms with van der Waals surface area (Å²) < 4.78 is 0.747. The number of anilines is 1. The van der Waals surface area contributed by atoms with Crippen LogP contribution in [-0.4, -0.2) is 21.1 Å². The van der Waals surface area contributed by atoms with Crippen LogP contribution in [-0.2, 0) is 0 Å². The minimum absolute atomic E-state index is 0.747. The summed E-state index contributed by atoms with van der Waals surface area (Å²) in [4.78, 5) is 0. The second kappa shape index (κ2) is 3.24. The number of nitrogens with zero attached hydrogens (tertiary/aromatic N) is 1. The van der Waals surface area contributed by atoms with Crippen LogP contribution in [0.15, 0.2) is 36.4 Å². The molecule has 0 spiro atoms. The van der Waals surface area contributed by atoms with Crippen molar-refractivity contribution in [2.24, 2.45) is 0 Å². The highest BCUT2D eigenvalue weighted by Crippen LogP contribution is 2.32. The molecule has 0 saturated carbocycles. The highest BCUT2D eigenvalue weighted by molar-refractivity contribution is 5.98. The highest BCUT2D eigenvalue weighted by atomic mass is 15.3. The number of nitrogen functional groups attached to an aromatic ring is 1. The van der Waals surface area contributed by atoms with E-state index in [1.165, 1.54) is 5.39 Å². The molecule has 0 fully saturated rings. The van der Waals surface area contributed by atoms with Crippen molar-refractivity contribution in [1.29, 1.82) is 0 Å². The van der Waals surface area contributed by atoms with Gasteiger partial charge in [0.15, 0.2) is 5.69 Å². The van der Waals surface area contributed by atoms with Crippen LogP contribution in [0.3, 0.4) is 0 Å². The Morgan fingerprint density at radius 2 is 1.60 bits per heavy atom. The molecule has 0 atom stereocenters. The fourth-order valence-corrected chi connectivity index (χ4v) is 1.87. The van der Waals surface area contributed by atoms with Gasteiger partial charge in [0, 0.05) is 11.5 Å². The molecule has 2 aromatic carbocycles. The zero-order chi connectivity index (χ0) is 11.1. The van der Waals surface area contributed by atoms with Gasteiger partial charge >= 0.3 is 0 Å². The summed E-state index contributed by atoms with van der Waals surface area (Å²) in [5.74, 6) is 0. The van der Waals surface area contributed by atoms with E-state index >= 15 is 0 Å². The van der Waals surface area contributed by atoms with Crippen LogP contribution in [0.1, 0.15) is 0 Å². The van der Waals surface area contributed by atoms with Crippen molar-refractivity contribution in [1.82, 2.24) is 4.48 Å². The van der Waals surface area contributed by atoms with Crippen LogP contribution in [0, 0.1) is 0 Å². The van der Waals surface area contributed by atoms with Crippen molar-refractivity contribution < 1.29 is 0 Å². The van der Waals surface area contributed by atoms with Gasteiger partial charge in [-0.3, -0.25) is 4.48 Å². The maximum atomic E-state index is 6.19. The van der Waals surface area contributed by atoms with Gasteiger partial charge < -0.3 is 5.73 Å². The molecule has 2 N–H and O–H groups in total. The number of nitrogens with two attached hydrogens (primary N) is 1. The van der Waals surface area contributed by atoms with Gasteiger partial charge in [0.05, 0.1) is 21.1 Å². The number of rotatable bonds is 1. The Morgan fingerprint density at radius 1 is 0.933 bits per heavy atom. The smallest absolute Gasteiger partial charge is 0.156 e. The van der Waals surface area contributed by atoms with Gasteiger partial charge in [-0.1, -0.05) is 24.3 Å². The van der Waals surface area contributed by atoms with E-state index in [0.29, 0.717) is 0 Å². The van der Waals surface area contributed by atoms with Gasteiger partial charge in [0.1, 0.15) is 5.69 Å². The van der Waals surface area contributed by atoms with Gasteiger partial charge in [-0.15, -0.1) is 0 Å². The van der Waals surface area contributed by atoms with E-state index in [4.69, 9.17) is 5.73 Å². The minimum Gasteiger partial charge on any atom is -0.393 e. The summed E-state index contributed by atoms with van der Waals surface area (Å²) in [6.45, 7) is 0. The monoisotopic (exact) mass is 201 g/mol. The molecule has 0 aromatic heterocycles. The zero-order valence-corrected chi connectivity index (χ0v) is 9.49. The highest BCUT2D eigenvalue weighted by Gasteiger charge is 2.17. The van der Waals surface area contributed by atoms with Crippen LogP contribution in [0.2, 0.25) is 0 Å². The quantitative estimate of drug-likeness (QED) is 0.557. The Bertz CT molecular complexity index is 495. The standard InChI is InChI=1S/C13H17N2/c1-15(2,3)12-9-8-10-6-4-5-7-11(10)13(12)14/h4-9H,14H2,1-3H3/q+1. The molecular formula is C13H17N2+. The average molecular weight is 201 g/mol. The molecule has 0 bridgehead atoms. The molecule has 0 radical (unpaired) electrons. The summed E-state index contributed by atoms with van der Waals surface area (Å²) in [5, 5.41) is 2.34. The van der Waals surface area contributed by atoms with E-state index in [1.807, 2.05) is 12.1 Å². The van der Waals surface area contributed by atoms with Crippen molar-refractivity contribution in [3.63, 3.8) is 0 Å². The molecule has 2 nitrogen and oxygen atoms in total. The number of hydrogen-bond acceptors (Lipinski definition) is 1. The van der Waals surface area contributed by atoms with Gasteiger partial charge in [0.2, 0.25) is 0 Å². The fourth-order valence-electron chi connectivity index (χ4n) is 1.87. The van der Waals surface area contributed by atoms with E-state index in [1.54, 1.807) is 0 Å². The molecule has 0 amide bonds. The molecule has 0 heterocycles. The van der Waals surface area contributed by atoms with Crippen LogP contribution in [0.5, 0.6) is 0 Å². The molecule has 78 valence electrons. The first-order valence-corrected chi connectivity index (χ1v) is 5.09. The summed E-state index contributed by atoms with van der Waals surface area (Å²) in [7, 11) is 6.38. The third kappa shape index (κ3) is 1.68. The van der Waals surface area contributed by atoms with E-state index in [2.05, 4.69) is 45.4 Å². The first-order chi connectivity index (χ1) is 7.00. The Kier molecular flexibility index (Phi) is 2.16. The summed E-state index contributed by atoms with van der Waals surface area (Å²) in [6, 6.07) is 12.5. The molecule has 0 aliphatic rings. The maximum absolute atomic E-state index is 6.19. The summed E-state index contributed by atoms with van der Waals surface area (Å²) in [5.41, 5.74) is 8.24. The van der Waals surface area contributed by atoms with Crippen molar-refractivity contribution in [3.05, 3.63) is 36.4 Å². The topological polar surface area (TPSA) is 26.0 Å². The lowest BCUT2D eigenvalue weighted by molar-refractivity contribution is 0.488. The normalized spacial score (nSPS) is 11.9. The first-order valence-electron chi connectivity index (χ1n) is 5.09. The lowest BCUT2D eigenvalue weighted by Gasteiger charge is -2.25. The minimum atomic E-state index is 0.747. The molecule has 0 saturated heterocycles. The van der Waals surface area contributed by atoms with Gasteiger partial charge in [-0.2, -0.15) is 0 Å². The summed E-state index contributed by atoms with van der Waals surface area (Å²) in [6.07, 6.45) is 0. The SMILES string of the molecule is C[N+](C)(C)c1ccc2ccccc2c1N. The Morgan fingerprint density at radius 3 is 2.27 bits per heavy atom. The van der Waals surface area contributed by atoms with E-state index in [-0.39, 0.29) is 0 Å². The van der Waals surface area contributed by atoms with Crippen LogP contribution < -0.4 is 10.2 Å². The Hall–Kier alpha value is -1.54. The molecule has 2 heteroatoms. The second-order valence-electron chi connectivity index (χ2n) is 4.73. The van der Waals surface area contributed by atoms with Crippen LogP contribution in [0.25, 0.3) is 10.8 Å². The molecule has 2 rings (SSSR count). The molecule has 0 aliphatic heterocycles. The summed E-state index contributed by atoms with van der Waals surface area (Å²) >= 11 is 0. The third-order valence-corrected chi connectivity index (χ3v) is 2.67. The Labute approximate surface area is 90.5 Å². The second-order valence-corrected chi connectivity index (χ2v) is 4.73. The maximum Gasteiger partial charge on any atom is 0.156 e. The molecular weight excluding hydrogens is 184 g/mol. The van der Waals surface area contributed by atoms with Crippen molar-refractivity contribution in [3.8, 4) is 0 Å². The number of quaternary nitrogens is 1. The molecule has 2 aromatic rings. The lowest BCUT2D eigenvalue weighted by Crippen LogP contribution is -2.35. The fraction of sp³-hybridized carbons (Fsp3) is 0.231. The van der Waals surface area contributed by atoms with E-state index in [9.17, 15) is 0 Å². The average Bonchev–Trinajstić information content (AvgIpc) is 2.16. The predicted octanol–water partition coefficient (Wildman–Crippen LogP) is 2.62. The zero-order valence-electron chi connectivity index (χ0n) is 9.49. The lowest BCUT2D eigenvalue weighted by atomic mass is 10.1. The van der Waals surface area contributed by atoms with Crippen molar-refractivity contribution in [2.75, 3.05) is 26.9 Å². The predicted molar refractivity (Wildman–Crippen MR) is 67.9 cm³/mol. The van der Waals surface area contributed by atoms with Crippen LogP contribution >= 0.6 is 0 Å². The molecule has 15 heavy (non-hydrogen) atoms. The van der Waals surface area contributed by atoms with Gasteiger partial charge in [-0.25, -0.2) is 0 Å². The van der Waals surface area contributed by atoms with Gasteiger partial charge in [-0.05, 0) is 11.5 Å². The largest absolute Gasteiger partial charge is 0.393 e. The Balaban J connectivity index is 2.76. The van der Waals surface area contributed by atoms with Crippen molar-refractivity contribution >= 4 is 22.1 Å². The van der Waals surface area contributed by atoms with Crippen LogP contribution in [0.4, 0.5) is 11.4 Å². The number of benzene rings is 2. The molecule has 0 unspecified atom stereocenters. The third-order valence-electron chi connectivity index (χ3n) is 2.67. The van der Waals surface area contributed by atoms with E-state index < -0.39 is 0 Å². The van der Waals surface area contributed by atoms with Crippen molar-refractivity contribution in [2.45, 2.75) is 0 Å².